The Morgan fingerprint density at radius 1 is 1.00 bits per heavy atom. The van der Waals surface area contributed by atoms with E-state index in [2.05, 4.69) is 50.0 Å². The normalized spacial score (nSPS) is 14.5. The zero-order valence-electron chi connectivity index (χ0n) is 13.1. The van der Waals surface area contributed by atoms with Gasteiger partial charge in [0, 0.05) is 17.1 Å². The Balaban J connectivity index is 1.50. The van der Waals surface area contributed by atoms with Crippen molar-refractivity contribution in [3.63, 3.8) is 0 Å². The Bertz CT molecular complexity index is 817. The second-order valence-electron chi connectivity index (χ2n) is 5.79. The molecule has 122 valence electrons. The highest BCUT2D eigenvalue weighted by atomic mass is 35.5. The van der Waals surface area contributed by atoms with Crippen LogP contribution in [0.1, 0.15) is 5.56 Å². The Labute approximate surface area is 150 Å². The van der Waals surface area contributed by atoms with Crippen LogP contribution in [0.25, 0.3) is 11.4 Å². The van der Waals surface area contributed by atoms with E-state index in [-0.39, 0.29) is 0 Å². The first-order valence-electron chi connectivity index (χ1n) is 7.88. The first kappa shape index (κ1) is 15.7. The molecule has 0 radical (unpaired) electrons. The Morgan fingerprint density at radius 3 is 2.58 bits per heavy atom. The van der Waals surface area contributed by atoms with Crippen molar-refractivity contribution in [1.82, 2.24) is 19.7 Å². The highest BCUT2D eigenvalue weighted by Crippen LogP contribution is 2.29. The number of rotatable bonds is 4. The summed E-state index contributed by atoms with van der Waals surface area (Å²) in [5, 5.41) is 10.4. The van der Waals surface area contributed by atoms with E-state index in [1.807, 2.05) is 24.3 Å². The predicted molar refractivity (Wildman–Crippen MR) is 98.0 cm³/mol. The van der Waals surface area contributed by atoms with Gasteiger partial charge in [-0.25, -0.2) is 0 Å². The van der Waals surface area contributed by atoms with Crippen LogP contribution in [0.4, 0.5) is 0 Å². The number of hydrogen-bond acceptors (Lipinski definition) is 4. The number of benzene rings is 2. The Kier molecular flexibility index (Phi) is 4.56. The van der Waals surface area contributed by atoms with Gasteiger partial charge in [-0.3, -0.25) is 9.47 Å². The third kappa shape index (κ3) is 3.34. The van der Waals surface area contributed by atoms with Crippen molar-refractivity contribution >= 4 is 23.4 Å². The molecule has 6 heteroatoms. The molecule has 3 aromatic rings. The van der Waals surface area contributed by atoms with Crippen LogP contribution in [0.3, 0.4) is 0 Å². The summed E-state index contributed by atoms with van der Waals surface area (Å²) in [6, 6.07) is 18.4. The van der Waals surface area contributed by atoms with E-state index < -0.39 is 0 Å². The molecule has 0 amide bonds. The largest absolute Gasteiger partial charge is 0.288 e. The van der Waals surface area contributed by atoms with Crippen molar-refractivity contribution in [2.45, 2.75) is 18.2 Å². The van der Waals surface area contributed by atoms with Crippen LogP contribution in [0, 0.1) is 0 Å². The van der Waals surface area contributed by atoms with E-state index in [1.165, 1.54) is 5.56 Å². The lowest BCUT2D eigenvalue weighted by atomic mass is 10.1. The molecular formula is C18H17ClN4S. The molecule has 0 atom stereocenters. The maximum absolute atomic E-state index is 5.98. The minimum absolute atomic E-state index is 0.732. The van der Waals surface area contributed by atoms with Gasteiger partial charge in [0.15, 0.2) is 11.0 Å². The van der Waals surface area contributed by atoms with Gasteiger partial charge in [0.25, 0.3) is 0 Å². The van der Waals surface area contributed by atoms with Gasteiger partial charge in [-0.15, -0.1) is 10.2 Å². The Morgan fingerprint density at radius 2 is 1.79 bits per heavy atom. The summed E-state index contributed by atoms with van der Waals surface area (Å²) in [6.45, 7) is 1.84. The van der Waals surface area contributed by atoms with Gasteiger partial charge in [-0.05, 0) is 36.2 Å². The maximum atomic E-state index is 5.98. The molecule has 0 N–H and O–H groups in total. The molecule has 4 nitrogen and oxygen atoms in total. The highest BCUT2D eigenvalue weighted by molar-refractivity contribution is 7.99. The summed E-state index contributed by atoms with van der Waals surface area (Å²) in [5.74, 6) is 1.85. The van der Waals surface area contributed by atoms with Crippen LogP contribution in [-0.4, -0.2) is 32.1 Å². The van der Waals surface area contributed by atoms with Crippen molar-refractivity contribution in [1.29, 1.82) is 0 Å². The van der Waals surface area contributed by atoms with Gasteiger partial charge in [-0.2, -0.15) is 0 Å². The van der Waals surface area contributed by atoms with E-state index in [0.29, 0.717) is 0 Å². The summed E-state index contributed by atoms with van der Waals surface area (Å²) in [5.41, 5.74) is 2.42. The topological polar surface area (TPSA) is 34.0 Å². The molecule has 0 aliphatic carbocycles. The van der Waals surface area contributed by atoms with E-state index in [0.717, 1.165) is 47.1 Å². The lowest BCUT2D eigenvalue weighted by Gasteiger charge is -2.27. The molecule has 0 saturated carbocycles. The molecule has 1 aliphatic heterocycles. The second kappa shape index (κ2) is 6.97. The third-order valence-electron chi connectivity index (χ3n) is 4.10. The predicted octanol–water partition coefficient (Wildman–Crippen LogP) is 4.16. The second-order valence-corrected chi connectivity index (χ2v) is 7.13. The number of aromatic nitrogens is 3. The highest BCUT2D eigenvalue weighted by Gasteiger charge is 2.22. The van der Waals surface area contributed by atoms with Gasteiger partial charge in [0.05, 0.1) is 12.5 Å². The van der Waals surface area contributed by atoms with Crippen molar-refractivity contribution in [2.75, 3.05) is 12.4 Å². The lowest BCUT2D eigenvalue weighted by Crippen LogP contribution is -2.32. The smallest absolute Gasteiger partial charge is 0.193 e. The molecular weight excluding hydrogens is 340 g/mol. The molecule has 24 heavy (non-hydrogen) atoms. The van der Waals surface area contributed by atoms with Crippen LogP contribution >= 0.6 is 23.4 Å². The van der Waals surface area contributed by atoms with E-state index >= 15 is 0 Å². The summed E-state index contributed by atoms with van der Waals surface area (Å²) >= 11 is 7.72. The molecule has 0 unspecified atom stereocenters. The average Bonchev–Trinajstić information content (AvgIpc) is 3.05. The fourth-order valence-electron chi connectivity index (χ4n) is 2.79. The maximum Gasteiger partial charge on any atom is 0.193 e. The molecule has 1 aromatic heterocycles. The zero-order chi connectivity index (χ0) is 16.4. The van der Waals surface area contributed by atoms with Gasteiger partial charge < -0.3 is 0 Å². The third-order valence-corrected chi connectivity index (χ3v) is 5.40. The molecule has 2 aromatic carbocycles. The van der Waals surface area contributed by atoms with Crippen LogP contribution < -0.4 is 0 Å². The number of hydrogen-bond donors (Lipinski definition) is 0. The van der Waals surface area contributed by atoms with Crippen LogP contribution in [0.5, 0.6) is 0 Å². The average molecular weight is 357 g/mol. The quantitative estimate of drug-likeness (QED) is 0.702. The van der Waals surface area contributed by atoms with Crippen molar-refractivity contribution in [3.8, 4) is 11.4 Å². The summed E-state index contributed by atoms with van der Waals surface area (Å²) in [7, 11) is 0. The number of fused-ring (bicyclic) bond motifs is 1. The van der Waals surface area contributed by atoms with Gasteiger partial charge in [0.1, 0.15) is 0 Å². The summed E-state index contributed by atoms with van der Waals surface area (Å²) in [4.78, 5) is 2.42. The fourth-order valence-corrected chi connectivity index (χ4v) is 3.83. The molecule has 2 heterocycles. The van der Waals surface area contributed by atoms with E-state index in [1.54, 1.807) is 11.8 Å². The molecule has 0 bridgehead atoms. The first-order chi connectivity index (χ1) is 11.8. The zero-order valence-corrected chi connectivity index (χ0v) is 14.7. The van der Waals surface area contributed by atoms with Crippen LogP contribution in [0.2, 0.25) is 5.02 Å². The monoisotopic (exact) mass is 356 g/mol. The van der Waals surface area contributed by atoms with Gasteiger partial charge in [0.2, 0.25) is 0 Å². The van der Waals surface area contributed by atoms with Crippen LogP contribution in [0.15, 0.2) is 59.8 Å². The molecule has 0 spiro atoms. The molecule has 0 fully saturated rings. The summed E-state index contributed by atoms with van der Waals surface area (Å²) < 4.78 is 2.18. The van der Waals surface area contributed by atoms with Crippen molar-refractivity contribution < 1.29 is 0 Å². The molecule has 0 saturated heterocycles. The van der Waals surface area contributed by atoms with E-state index in [4.69, 9.17) is 11.6 Å². The Hall–Kier alpha value is -1.82. The number of thioether (sulfide) groups is 1. The SMILES string of the molecule is Clc1ccc(-c2nnc3n2CN(CCc2ccccc2)CS3)cc1. The van der Waals surface area contributed by atoms with Gasteiger partial charge >= 0.3 is 0 Å². The molecule has 4 rings (SSSR count). The van der Waals surface area contributed by atoms with E-state index in [9.17, 15) is 0 Å². The number of nitrogens with zero attached hydrogens (tertiary/aromatic N) is 4. The number of halogens is 1. The summed E-state index contributed by atoms with van der Waals surface area (Å²) in [6.07, 6.45) is 1.05. The fraction of sp³-hybridized carbons (Fsp3) is 0.222. The standard InChI is InChI=1S/C18H17ClN4S/c19-16-8-6-15(7-9-16)17-20-21-18-23(17)12-22(13-24-18)11-10-14-4-2-1-3-5-14/h1-9H,10-13H2. The minimum Gasteiger partial charge on any atom is -0.288 e. The van der Waals surface area contributed by atoms with Gasteiger partial charge in [-0.1, -0.05) is 53.7 Å². The first-order valence-corrected chi connectivity index (χ1v) is 9.24. The van der Waals surface area contributed by atoms with Crippen LogP contribution in [-0.2, 0) is 13.1 Å². The van der Waals surface area contributed by atoms with Crippen molar-refractivity contribution in [2.24, 2.45) is 0 Å². The molecule has 1 aliphatic rings. The minimum atomic E-state index is 0.732. The van der Waals surface area contributed by atoms with Crippen molar-refractivity contribution in [3.05, 3.63) is 65.2 Å². The lowest BCUT2D eigenvalue weighted by molar-refractivity contribution is 0.242.